The Morgan fingerprint density at radius 1 is 1.22 bits per heavy atom. The van der Waals surface area contributed by atoms with Gasteiger partial charge in [0.1, 0.15) is 11.6 Å². The van der Waals surface area contributed by atoms with Crippen molar-refractivity contribution in [3.05, 3.63) is 59.9 Å². The Balaban J connectivity index is 1.64. The summed E-state index contributed by atoms with van der Waals surface area (Å²) in [5.41, 5.74) is 0.747. The number of thioether (sulfide) groups is 1. The van der Waals surface area contributed by atoms with Gasteiger partial charge in [-0.15, -0.1) is 0 Å². The minimum absolute atomic E-state index is 0.155. The van der Waals surface area contributed by atoms with Crippen LogP contribution in [0.5, 0.6) is 0 Å². The molecule has 0 unspecified atom stereocenters. The number of carbonyl (C=O) groups excluding carboxylic acids is 1. The van der Waals surface area contributed by atoms with E-state index in [-0.39, 0.29) is 11.6 Å². The Kier molecular flexibility index (Phi) is 4.47. The Bertz CT molecular complexity index is 810. The lowest BCUT2D eigenvalue weighted by molar-refractivity contribution is 0.0563. The Hall–Kier alpha value is -2.54. The second-order valence-corrected chi connectivity index (χ2v) is 5.47. The smallest absolute Gasteiger partial charge is 0.373 e. The van der Waals surface area contributed by atoms with E-state index < -0.39 is 5.97 Å². The van der Waals surface area contributed by atoms with E-state index in [1.165, 1.54) is 31.0 Å². The van der Waals surface area contributed by atoms with Crippen molar-refractivity contribution in [3.63, 3.8) is 0 Å². The van der Waals surface area contributed by atoms with E-state index in [4.69, 9.17) is 8.83 Å². The van der Waals surface area contributed by atoms with Crippen LogP contribution >= 0.6 is 11.8 Å². The van der Waals surface area contributed by atoms with Crippen molar-refractivity contribution in [1.29, 1.82) is 0 Å². The number of oxazole rings is 1. The molecular formula is C16H12FNO4S. The fourth-order valence-corrected chi connectivity index (χ4v) is 2.57. The molecule has 5 nitrogen and oxygen atoms in total. The summed E-state index contributed by atoms with van der Waals surface area (Å²) in [6, 6.07) is 9.23. The number of rotatable bonds is 5. The van der Waals surface area contributed by atoms with Crippen molar-refractivity contribution >= 4 is 17.7 Å². The zero-order chi connectivity index (χ0) is 16.2. The Morgan fingerprint density at radius 3 is 2.74 bits per heavy atom. The highest BCUT2D eigenvalue weighted by Gasteiger charge is 2.13. The minimum Gasteiger partial charge on any atom is -0.463 e. The maximum atomic E-state index is 12.9. The summed E-state index contributed by atoms with van der Waals surface area (Å²) in [6.45, 7) is 0. The highest BCUT2D eigenvalue weighted by molar-refractivity contribution is 7.98. The molecule has 0 saturated heterocycles. The predicted molar refractivity (Wildman–Crippen MR) is 81.5 cm³/mol. The fraction of sp³-hybridized carbons (Fsp3) is 0.125. The molecule has 0 saturated carbocycles. The van der Waals surface area contributed by atoms with E-state index in [1.807, 2.05) is 0 Å². The number of hydrogen-bond donors (Lipinski definition) is 0. The van der Waals surface area contributed by atoms with Crippen LogP contribution in [0.2, 0.25) is 0 Å². The number of benzene rings is 1. The number of esters is 1. The highest BCUT2D eigenvalue weighted by atomic mass is 32.2. The second-order valence-electron chi connectivity index (χ2n) is 4.54. The van der Waals surface area contributed by atoms with Crippen molar-refractivity contribution in [3.8, 4) is 11.3 Å². The fourth-order valence-electron chi connectivity index (χ4n) is 1.87. The average molecular weight is 333 g/mol. The third kappa shape index (κ3) is 3.62. The largest absolute Gasteiger partial charge is 0.463 e. The second kappa shape index (κ2) is 6.70. The van der Waals surface area contributed by atoms with Gasteiger partial charge in [-0.05, 0) is 36.4 Å². The molecule has 118 valence electrons. The van der Waals surface area contributed by atoms with Crippen molar-refractivity contribution in [2.24, 2.45) is 0 Å². The lowest BCUT2D eigenvalue weighted by Gasteiger charge is -1.96. The molecule has 0 spiro atoms. The van der Waals surface area contributed by atoms with Gasteiger partial charge in [0.2, 0.25) is 5.76 Å². The molecule has 0 aliphatic rings. The van der Waals surface area contributed by atoms with E-state index in [2.05, 4.69) is 9.72 Å². The van der Waals surface area contributed by atoms with Gasteiger partial charge in [0.25, 0.3) is 5.22 Å². The molecule has 0 aliphatic heterocycles. The highest BCUT2D eigenvalue weighted by Crippen LogP contribution is 2.28. The topological polar surface area (TPSA) is 65.5 Å². The van der Waals surface area contributed by atoms with E-state index in [0.717, 1.165) is 5.56 Å². The Morgan fingerprint density at radius 2 is 2.00 bits per heavy atom. The molecule has 0 amide bonds. The van der Waals surface area contributed by atoms with Gasteiger partial charge in [0, 0.05) is 5.56 Å². The van der Waals surface area contributed by atoms with Crippen molar-refractivity contribution in [2.75, 3.05) is 7.11 Å². The van der Waals surface area contributed by atoms with Gasteiger partial charge in [-0.3, -0.25) is 0 Å². The average Bonchev–Trinajstić information content (AvgIpc) is 3.22. The van der Waals surface area contributed by atoms with Gasteiger partial charge in [-0.25, -0.2) is 14.2 Å². The first kappa shape index (κ1) is 15.4. The van der Waals surface area contributed by atoms with Gasteiger partial charge >= 0.3 is 5.97 Å². The first-order valence-corrected chi connectivity index (χ1v) is 7.66. The minimum atomic E-state index is -0.518. The molecule has 7 heteroatoms. The molecule has 3 rings (SSSR count). The third-order valence-corrected chi connectivity index (χ3v) is 3.86. The predicted octanol–water partition coefficient (Wildman–Crippen LogP) is 4.15. The van der Waals surface area contributed by atoms with Crippen LogP contribution < -0.4 is 0 Å². The third-order valence-electron chi connectivity index (χ3n) is 3.00. The lowest BCUT2D eigenvalue weighted by Crippen LogP contribution is -1.98. The van der Waals surface area contributed by atoms with Crippen LogP contribution in [0.25, 0.3) is 11.3 Å². The Labute approximate surface area is 135 Å². The maximum absolute atomic E-state index is 12.9. The summed E-state index contributed by atoms with van der Waals surface area (Å²) < 4.78 is 28.4. The zero-order valence-corrected chi connectivity index (χ0v) is 12.9. The maximum Gasteiger partial charge on any atom is 0.373 e. The molecule has 0 fully saturated rings. The number of aromatic nitrogens is 1. The van der Waals surface area contributed by atoms with Crippen LogP contribution in [0.15, 0.2) is 56.7 Å². The monoisotopic (exact) mass is 333 g/mol. The normalized spacial score (nSPS) is 10.7. The number of furan rings is 1. The molecule has 0 bridgehead atoms. The van der Waals surface area contributed by atoms with E-state index in [0.29, 0.717) is 22.5 Å². The van der Waals surface area contributed by atoms with E-state index in [1.54, 1.807) is 30.5 Å². The summed E-state index contributed by atoms with van der Waals surface area (Å²) in [5, 5.41) is 0.459. The summed E-state index contributed by atoms with van der Waals surface area (Å²) in [6.07, 6.45) is 1.58. The van der Waals surface area contributed by atoms with Gasteiger partial charge in [0.05, 0.1) is 19.1 Å². The summed E-state index contributed by atoms with van der Waals surface area (Å²) >= 11 is 1.33. The van der Waals surface area contributed by atoms with Gasteiger partial charge in [0.15, 0.2) is 5.76 Å². The van der Waals surface area contributed by atoms with Crippen LogP contribution in [-0.4, -0.2) is 18.1 Å². The molecule has 23 heavy (non-hydrogen) atoms. The molecule has 2 heterocycles. The molecule has 0 N–H and O–H groups in total. The summed E-state index contributed by atoms with van der Waals surface area (Å²) in [5.74, 6) is 0.958. The van der Waals surface area contributed by atoms with Crippen LogP contribution in [0.3, 0.4) is 0 Å². The van der Waals surface area contributed by atoms with Gasteiger partial charge in [-0.1, -0.05) is 11.8 Å². The number of carbonyl (C=O) groups is 1. The first-order chi connectivity index (χ1) is 11.2. The molecule has 3 aromatic rings. The number of halogens is 1. The number of nitrogens with zero attached hydrogens (tertiary/aromatic N) is 1. The molecule has 2 aromatic heterocycles. The molecule has 0 atom stereocenters. The summed E-state index contributed by atoms with van der Waals surface area (Å²) in [7, 11) is 1.29. The zero-order valence-electron chi connectivity index (χ0n) is 12.1. The van der Waals surface area contributed by atoms with Crippen molar-refractivity contribution < 1.29 is 22.8 Å². The SMILES string of the molecule is COC(=O)c1ccc(CSc2ncc(-c3ccc(F)cc3)o2)o1. The van der Waals surface area contributed by atoms with Crippen LogP contribution in [0.4, 0.5) is 4.39 Å². The van der Waals surface area contributed by atoms with E-state index in [9.17, 15) is 9.18 Å². The van der Waals surface area contributed by atoms with Crippen molar-refractivity contribution in [2.45, 2.75) is 11.0 Å². The molecule has 0 radical (unpaired) electrons. The van der Waals surface area contributed by atoms with Crippen LogP contribution in [0.1, 0.15) is 16.3 Å². The van der Waals surface area contributed by atoms with Gasteiger partial charge < -0.3 is 13.6 Å². The van der Waals surface area contributed by atoms with Crippen molar-refractivity contribution in [1.82, 2.24) is 4.98 Å². The lowest BCUT2D eigenvalue weighted by atomic mass is 10.2. The van der Waals surface area contributed by atoms with Crippen LogP contribution in [-0.2, 0) is 10.5 Å². The quantitative estimate of drug-likeness (QED) is 0.516. The van der Waals surface area contributed by atoms with Crippen LogP contribution in [0, 0.1) is 5.82 Å². The van der Waals surface area contributed by atoms with Gasteiger partial charge in [-0.2, -0.15) is 0 Å². The number of hydrogen-bond acceptors (Lipinski definition) is 6. The molecular weight excluding hydrogens is 321 g/mol. The molecule has 0 aliphatic carbocycles. The first-order valence-electron chi connectivity index (χ1n) is 6.67. The number of ether oxygens (including phenoxy) is 1. The molecule has 1 aromatic carbocycles. The van der Waals surface area contributed by atoms with E-state index >= 15 is 0 Å². The summed E-state index contributed by atoms with van der Waals surface area (Å²) in [4.78, 5) is 15.5. The standard InChI is InChI=1S/C16H12FNO4S/c1-20-15(19)13-7-6-12(21-13)9-23-16-18-8-14(22-16)10-2-4-11(17)5-3-10/h2-8H,9H2,1H3. The number of methoxy groups -OCH3 is 1.